The summed E-state index contributed by atoms with van der Waals surface area (Å²) in [4.78, 5) is 17.1. The number of aliphatic imine (C=N–C) groups is 1. The number of carbonyl (C=O) groups is 1. The van der Waals surface area contributed by atoms with Gasteiger partial charge in [-0.2, -0.15) is 0 Å². The Morgan fingerprint density at radius 2 is 1.90 bits per heavy atom. The van der Waals surface area contributed by atoms with Crippen molar-refractivity contribution in [3.05, 3.63) is 62.9 Å². The molecule has 0 saturated heterocycles. The summed E-state index contributed by atoms with van der Waals surface area (Å²) in [5, 5.41) is 10.9. The van der Waals surface area contributed by atoms with Crippen molar-refractivity contribution < 1.29 is 19.4 Å². The molecule has 0 aliphatic carbocycles. The number of hydrogen-bond donors (Lipinski definition) is 1. The predicted molar refractivity (Wildman–Crippen MR) is 116 cm³/mol. The van der Waals surface area contributed by atoms with Gasteiger partial charge in [-0.05, 0) is 48.6 Å². The molecule has 0 radical (unpaired) electrons. The van der Waals surface area contributed by atoms with E-state index in [1.54, 1.807) is 29.9 Å². The number of thiazole rings is 1. The molecule has 2 aromatic carbocycles. The molecule has 146 valence electrons. The Morgan fingerprint density at radius 3 is 2.59 bits per heavy atom. The lowest BCUT2D eigenvalue weighted by atomic mass is 10.0. The number of para-hydroxylation sites is 1. The maximum Gasteiger partial charge on any atom is 0.357 e. The summed E-state index contributed by atoms with van der Waals surface area (Å²) in [5.74, 6) is 0.162. The molecular formula is C21H16N2O4S2. The van der Waals surface area contributed by atoms with E-state index >= 15 is 0 Å². The fraction of sp³-hybridized carbons (Fsp3) is 0.0952. The van der Waals surface area contributed by atoms with Gasteiger partial charge < -0.3 is 14.6 Å². The van der Waals surface area contributed by atoms with Crippen LogP contribution in [0, 0.1) is 3.95 Å². The first-order valence-electron chi connectivity index (χ1n) is 8.61. The Morgan fingerprint density at radius 1 is 1.17 bits per heavy atom. The molecule has 1 aliphatic rings. The van der Waals surface area contributed by atoms with Gasteiger partial charge in [0.2, 0.25) is 5.88 Å². The van der Waals surface area contributed by atoms with Crippen LogP contribution in [-0.4, -0.2) is 35.6 Å². The number of benzene rings is 2. The normalized spacial score (nSPS) is 13.9. The zero-order valence-corrected chi connectivity index (χ0v) is 17.2. The summed E-state index contributed by atoms with van der Waals surface area (Å²) >= 11 is 6.71. The number of methoxy groups -OCH3 is 2. The van der Waals surface area contributed by atoms with E-state index in [2.05, 4.69) is 4.99 Å². The second-order valence-corrected chi connectivity index (χ2v) is 7.79. The highest BCUT2D eigenvalue weighted by molar-refractivity contribution is 7.73. The largest absolute Gasteiger partial charge is 0.497 e. The number of nitrogens with zero attached hydrogens (tertiary/aromatic N) is 2. The molecule has 4 rings (SSSR count). The van der Waals surface area contributed by atoms with Crippen LogP contribution in [0.4, 0.5) is 5.69 Å². The zero-order chi connectivity index (χ0) is 20.5. The lowest BCUT2D eigenvalue weighted by molar-refractivity contribution is -0.132. The number of esters is 1. The van der Waals surface area contributed by atoms with Gasteiger partial charge in [-0.1, -0.05) is 18.2 Å². The van der Waals surface area contributed by atoms with Crippen molar-refractivity contribution >= 4 is 52.6 Å². The van der Waals surface area contributed by atoms with Gasteiger partial charge >= 0.3 is 5.97 Å². The molecule has 0 fully saturated rings. The summed E-state index contributed by atoms with van der Waals surface area (Å²) in [6.45, 7) is 0. The average molecular weight is 425 g/mol. The molecule has 0 amide bonds. The molecule has 0 bridgehead atoms. The van der Waals surface area contributed by atoms with Crippen LogP contribution in [-0.2, 0) is 9.53 Å². The molecule has 0 saturated carbocycles. The van der Waals surface area contributed by atoms with Gasteiger partial charge in [-0.25, -0.2) is 9.79 Å². The van der Waals surface area contributed by atoms with Gasteiger partial charge in [-0.3, -0.25) is 4.57 Å². The molecule has 29 heavy (non-hydrogen) atoms. The van der Waals surface area contributed by atoms with Crippen molar-refractivity contribution in [1.82, 2.24) is 4.57 Å². The third kappa shape index (κ3) is 3.37. The first-order valence-corrected chi connectivity index (χ1v) is 9.83. The first-order chi connectivity index (χ1) is 14.0. The maximum absolute atomic E-state index is 12.2. The van der Waals surface area contributed by atoms with Crippen LogP contribution in [0.25, 0.3) is 17.3 Å². The van der Waals surface area contributed by atoms with Gasteiger partial charge in [0.1, 0.15) is 5.75 Å². The van der Waals surface area contributed by atoms with E-state index in [9.17, 15) is 9.90 Å². The lowest BCUT2D eigenvalue weighted by Gasteiger charge is -2.06. The van der Waals surface area contributed by atoms with Gasteiger partial charge in [0.15, 0.2) is 9.67 Å². The van der Waals surface area contributed by atoms with Gasteiger partial charge in [0.25, 0.3) is 0 Å². The lowest BCUT2D eigenvalue weighted by Crippen LogP contribution is -2.14. The fourth-order valence-corrected chi connectivity index (χ4v) is 4.36. The van der Waals surface area contributed by atoms with Gasteiger partial charge in [0, 0.05) is 11.1 Å². The van der Waals surface area contributed by atoms with E-state index in [4.69, 9.17) is 21.7 Å². The van der Waals surface area contributed by atoms with E-state index in [-0.39, 0.29) is 11.6 Å². The smallest absolute Gasteiger partial charge is 0.357 e. The zero-order valence-electron chi connectivity index (χ0n) is 15.6. The van der Waals surface area contributed by atoms with Crippen molar-refractivity contribution in [2.75, 3.05) is 14.2 Å². The van der Waals surface area contributed by atoms with Crippen molar-refractivity contribution in [1.29, 1.82) is 0 Å². The predicted octanol–water partition coefficient (Wildman–Crippen LogP) is 4.78. The Bertz CT molecular complexity index is 1220. The van der Waals surface area contributed by atoms with Crippen molar-refractivity contribution in [2.24, 2.45) is 4.99 Å². The van der Waals surface area contributed by atoms with Crippen LogP contribution >= 0.6 is 23.6 Å². The number of carbonyl (C=O) groups excluding carboxylic acids is 1. The van der Waals surface area contributed by atoms with Crippen LogP contribution < -0.4 is 4.74 Å². The molecule has 8 heteroatoms. The minimum atomic E-state index is -0.537. The summed E-state index contributed by atoms with van der Waals surface area (Å²) in [6.07, 6.45) is 1.72. The van der Waals surface area contributed by atoms with Crippen molar-refractivity contribution in [3.8, 4) is 17.3 Å². The quantitative estimate of drug-likeness (QED) is 0.482. The number of aromatic hydroxyl groups is 1. The Labute approximate surface area is 176 Å². The van der Waals surface area contributed by atoms with E-state index in [0.29, 0.717) is 31.5 Å². The molecule has 1 N–H and O–H groups in total. The minimum absolute atomic E-state index is 0.00809. The van der Waals surface area contributed by atoms with Crippen LogP contribution in [0.1, 0.15) is 10.4 Å². The van der Waals surface area contributed by atoms with E-state index in [1.807, 2.05) is 36.4 Å². The number of ether oxygens (including phenoxy) is 2. The molecular weight excluding hydrogens is 408 g/mol. The van der Waals surface area contributed by atoms with Crippen molar-refractivity contribution in [3.63, 3.8) is 0 Å². The van der Waals surface area contributed by atoms with Gasteiger partial charge in [-0.15, -0.1) is 11.3 Å². The second kappa shape index (κ2) is 7.65. The molecule has 0 unspecified atom stereocenters. The minimum Gasteiger partial charge on any atom is -0.497 e. The van der Waals surface area contributed by atoms with E-state index < -0.39 is 5.97 Å². The topological polar surface area (TPSA) is 73.0 Å². The number of aromatic nitrogens is 1. The van der Waals surface area contributed by atoms with Crippen LogP contribution in [0.5, 0.6) is 11.6 Å². The van der Waals surface area contributed by atoms with Gasteiger partial charge in [0.05, 0.1) is 30.5 Å². The Balaban J connectivity index is 1.83. The SMILES string of the molecule is COC(=O)C1=Nc2ccccc2/C1=C\c1sc(=S)n(-c2ccc(OC)cc2)c1O. The summed E-state index contributed by atoms with van der Waals surface area (Å²) in [5.41, 5.74) is 2.96. The highest BCUT2D eigenvalue weighted by atomic mass is 32.1. The summed E-state index contributed by atoms with van der Waals surface area (Å²) in [7, 11) is 2.90. The Hall–Kier alpha value is -3.23. The van der Waals surface area contributed by atoms with Crippen LogP contribution in [0.3, 0.4) is 0 Å². The highest BCUT2D eigenvalue weighted by Gasteiger charge is 2.27. The fourth-order valence-electron chi connectivity index (χ4n) is 3.07. The van der Waals surface area contributed by atoms with Crippen molar-refractivity contribution in [2.45, 2.75) is 0 Å². The van der Waals surface area contributed by atoms with E-state index in [1.165, 1.54) is 18.4 Å². The second-order valence-electron chi connectivity index (χ2n) is 6.12. The molecule has 0 spiro atoms. The molecule has 3 aromatic rings. The molecule has 1 aliphatic heterocycles. The molecule has 1 aromatic heterocycles. The average Bonchev–Trinajstić information content (AvgIpc) is 3.25. The number of rotatable bonds is 4. The monoisotopic (exact) mass is 424 g/mol. The van der Waals surface area contributed by atoms with Crippen LogP contribution in [0.15, 0.2) is 53.5 Å². The Kier molecular flexibility index (Phi) is 5.04. The first kappa shape index (κ1) is 19.1. The number of hydrogen-bond acceptors (Lipinski definition) is 7. The van der Waals surface area contributed by atoms with Crippen LogP contribution in [0.2, 0.25) is 0 Å². The third-order valence-electron chi connectivity index (χ3n) is 4.48. The number of fused-ring (bicyclic) bond motifs is 1. The van der Waals surface area contributed by atoms with E-state index in [0.717, 1.165) is 5.56 Å². The maximum atomic E-state index is 12.2. The summed E-state index contributed by atoms with van der Waals surface area (Å²) in [6, 6.07) is 14.6. The molecule has 2 heterocycles. The molecule has 6 nitrogen and oxygen atoms in total. The molecule has 0 atom stereocenters. The third-order valence-corrected chi connectivity index (χ3v) is 5.79. The highest BCUT2D eigenvalue weighted by Crippen LogP contribution is 2.39. The standard InChI is InChI=1S/C21H16N2O4S2/c1-26-13-9-7-12(8-10-13)23-19(24)17(29-21(23)28)11-15-14-5-3-4-6-16(14)22-18(15)20(25)27-2/h3-11,24H,1-2H3/b15-11+. The summed E-state index contributed by atoms with van der Waals surface area (Å²) < 4.78 is 12.1.